The molecule has 148 valence electrons. The van der Waals surface area contributed by atoms with Gasteiger partial charge in [0.25, 0.3) is 5.91 Å². The maximum atomic E-state index is 13.4. The fourth-order valence-corrected chi connectivity index (χ4v) is 2.93. The van der Waals surface area contributed by atoms with E-state index in [2.05, 4.69) is 10.1 Å². The van der Waals surface area contributed by atoms with Gasteiger partial charge in [-0.25, -0.2) is 0 Å². The van der Waals surface area contributed by atoms with E-state index in [9.17, 15) is 22.8 Å². The van der Waals surface area contributed by atoms with Crippen LogP contribution in [0.4, 0.5) is 18.9 Å². The first kappa shape index (κ1) is 19.5. The molecule has 1 aliphatic heterocycles. The first-order valence-corrected chi connectivity index (χ1v) is 8.14. The number of rotatable bonds is 3. The Labute approximate surface area is 158 Å². The summed E-state index contributed by atoms with van der Waals surface area (Å²) in [5.74, 6) is -2.12. The van der Waals surface area contributed by atoms with Crippen LogP contribution in [-0.2, 0) is 21.4 Å². The van der Waals surface area contributed by atoms with Crippen LogP contribution in [-0.4, -0.2) is 19.0 Å². The lowest BCUT2D eigenvalue weighted by molar-refractivity contribution is -0.141. The Morgan fingerprint density at radius 3 is 2.46 bits per heavy atom. The number of hydrogen-bond acceptors (Lipinski definition) is 5. The molecule has 0 spiro atoms. The third-order valence-electron chi connectivity index (χ3n) is 4.26. The van der Waals surface area contributed by atoms with Crippen LogP contribution in [0, 0.1) is 0 Å². The van der Waals surface area contributed by atoms with Crippen molar-refractivity contribution in [3.63, 3.8) is 0 Å². The molecule has 1 unspecified atom stereocenters. The van der Waals surface area contributed by atoms with Crippen molar-refractivity contribution >= 4 is 17.6 Å². The Morgan fingerprint density at radius 1 is 1.18 bits per heavy atom. The van der Waals surface area contributed by atoms with E-state index in [-0.39, 0.29) is 11.4 Å². The lowest BCUT2D eigenvalue weighted by Gasteiger charge is -2.36. The Kier molecular flexibility index (Phi) is 4.70. The van der Waals surface area contributed by atoms with Gasteiger partial charge in [-0.1, -0.05) is 18.2 Å². The van der Waals surface area contributed by atoms with E-state index in [1.54, 1.807) is 24.3 Å². The molecule has 1 atom stereocenters. The van der Waals surface area contributed by atoms with Crippen LogP contribution in [0.2, 0.25) is 0 Å². The minimum atomic E-state index is -4.80. The number of hydrogen-bond donors (Lipinski definition) is 1. The van der Waals surface area contributed by atoms with Gasteiger partial charge in [0, 0.05) is 18.6 Å². The predicted molar refractivity (Wildman–Crippen MR) is 92.4 cm³/mol. The van der Waals surface area contributed by atoms with Gasteiger partial charge >= 0.3 is 12.1 Å². The predicted octanol–water partition coefficient (Wildman–Crippen LogP) is 3.89. The molecular formula is C19H16F3NO5. The molecule has 6 nitrogen and oxygen atoms in total. The molecule has 3 rings (SSSR count). The number of para-hydroxylation sites is 1. The van der Waals surface area contributed by atoms with Crippen LogP contribution in [0.3, 0.4) is 0 Å². The second-order valence-corrected chi connectivity index (χ2v) is 6.23. The molecule has 0 saturated heterocycles. The normalized spacial score (nSPS) is 18.6. The van der Waals surface area contributed by atoms with E-state index >= 15 is 0 Å². The number of amides is 1. The van der Waals surface area contributed by atoms with Gasteiger partial charge in [0.15, 0.2) is 0 Å². The first-order chi connectivity index (χ1) is 13.1. The second kappa shape index (κ2) is 6.74. The summed E-state index contributed by atoms with van der Waals surface area (Å²) in [5.41, 5.74) is -2.52. The molecule has 0 radical (unpaired) electrons. The molecule has 0 fully saturated rings. The third-order valence-corrected chi connectivity index (χ3v) is 4.26. The zero-order chi connectivity index (χ0) is 20.7. The molecule has 0 aliphatic carbocycles. The fourth-order valence-electron chi connectivity index (χ4n) is 2.93. The van der Waals surface area contributed by atoms with Crippen molar-refractivity contribution in [2.24, 2.45) is 0 Å². The Morgan fingerprint density at radius 2 is 1.86 bits per heavy atom. The van der Waals surface area contributed by atoms with Crippen LogP contribution in [0.1, 0.15) is 25.0 Å². The molecule has 1 N–H and O–H groups in total. The zero-order valence-corrected chi connectivity index (χ0v) is 15.1. The number of ether oxygens (including phenoxy) is 3. The molecular weight excluding hydrogens is 379 g/mol. The SMILES string of the molecule is COc1ccccc1C1(C)Oc2cc(C(F)(F)F)c(OC(C)=O)cc2NC1=O. The van der Waals surface area contributed by atoms with Gasteiger partial charge < -0.3 is 19.5 Å². The number of halogens is 3. The van der Waals surface area contributed by atoms with Gasteiger partial charge in [0.2, 0.25) is 5.60 Å². The van der Waals surface area contributed by atoms with Crippen LogP contribution < -0.4 is 19.5 Å². The van der Waals surface area contributed by atoms with Crippen LogP contribution >= 0.6 is 0 Å². The monoisotopic (exact) mass is 395 g/mol. The highest BCUT2D eigenvalue weighted by Crippen LogP contribution is 2.47. The number of nitrogens with one attached hydrogen (secondary N) is 1. The van der Waals surface area contributed by atoms with Crippen LogP contribution in [0.5, 0.6) is 17.2 Å². The van der Waals surface area contributed by atoms with Crippen molar-refractivity contribution in [1.29, 1.82) is 0 Å². The van der Waals surface area contributed by atoms with Crippen LogP contribution in [0.25, 0.3) is 0 Å². The standard InChI is InChI=1S/C19H16F3NO5/c1-10(24)27-15-9-13-16(8-12(15)19(20,21)22)28-18(2,17(25)23-13)11-6-4-5-7-14(11)26-3/h4-9H,1-3H3,(H,23,25). The van der Waals surface area contributed by atoms with Gasteiger partial charge in [0.05, 0.1) is 12.8 Å². The summed E-state index contributed by atoms with van der Waals surface area (Å²) in [6, 6.07) is 8.15. The second-order valence-electron chi connectivity index (χ2n) is 6.23. The molecule has 1 amide bonds. The fraction of sp³-hybridized carbons (Fsp3) is 0.263. The average molecular weight is 395 g/mol. The number of esters is 1. The summed E-state index contributed by atoms with van der Waals surface area (Å²) in [5, 5.41) is 2.51. The smallest absolute Gasteiger partial charge is 0.420 e. The maximum absolute atomic E-state index is 13.4. The van der Waals surface area contributed by atoms with Crippen molar-refractivity contribution in [3.8, 4) is 17.2 Å². The summed E-state index contributed by atoms with van der Waals surface area (Å²) >= 11 is 0. The van der Waals surface area contributed by atoms with Gasteiger partial charge in [-0.3, -0.25) is 9.59 Å². The molecule has 28 heavy (non-hydrogen) atoms. The van der Waals surface area contributed by atoms with E-state index < -0.39 is 35.0 Å². The minimum Gasteiger partial charge on any atom is -0.496 e. The molecule has 1 heterocycles. The summed E-state index contributed by atoms with van der Waals surface area (Å²) in [7, 11) is 1.41. The summed E-state index contributed by atoms with van der Waals surface area (Å²) < 4.78 is 55.9. The average Bonchev–Trinajstić information content (AvgIpc) is 2.61. The number of methoxy groups -OCH3 is 1. The number of anilines is 1. The highest BCUT2D eigenvalue weighted by atomic mass is 19.4. The molecule has 9 heteroatoms. The van der Waals surface area contributed by atoms with E-state index in [0.29, 0.717) is 17.4 Å². The van der Waals surface area contributed by atoms with Gasteiger partial charge in [-0.05, 0) is 19.1 Å². The number of alkyl halides is 3. The lowest BCUT2D eigenvalue weighted by Crippen LogP contribution is -2.46. The van der Waals surface area contributed by atoms with E-state index in [1.165, 1.54) is 14.0 Å². The highest BCUT2D eigenvalue weighted by Gasteiger charge is 2.45. The van der Waals surface area contributed by atoms with Crippen LogP contribution in [0.15, 0.2) is 36.4 Å². The molecule has 2 aromatic carbocycles. The molecule has 0 aromatic heterocycles. The van der Waals surface area contributed by atoms with Crippen molar-refractivity contribution < 1.29 is 37.0 Å². The summed E-state index contributed by atoms with van der Waals surface area (Å²) in [6.07, 6.45) is -4.80. The highest BCUT2D eigenvalue weighted by molar-refractivity contribution is 6.01. The molecule has 0 saturated carbocycles. The van der Waals surface area contributed by atoms with Gasteiger partial charge in [-0.2, -0.15) is 13.2 Å². The van der Waals surface area contributed by atoms with Gasteiger partial charge in [-0.15, -0.1) is 0 Å². The van der Waals surface area contributed by atoms with Crippen molar-refractivity contribution in [1.82, 2.24) is 0 Å². The number of benzene rings is 2. The third kappa shape index (κ3) is 3.35. The lowest BCUT2D eigenvalue weighted by atomic mass is 9.92. The van der Waals surface area contributed by atoms with Crippen molar-refractivity contribution in [3.05, 3.63) is 47.5 Å². The number of carbonyl (C=O) groups is 2. The topological polar surface area (TPSA) is 73.9 Å². The molecule has 1 aliphatic rings. The first-order valence-electron chi connectivity index (χ1n) is 8.14. The van der Waals surface area contributed by atoms with E-state index in [1.807, 2.05) is 0 Å². The van der Waals surface area contributed by atoms with E-state index in [0.717, 1.165) is 13.0 Å². The Hall–Kier alpha value is -3.23. The zero-order valence-electron chi connectivity index (χ0n) is 15.1. The quantitative estimate of drug-likeness (QED) is 0.631. The molecule has 2 aromatic rings. The van der Waals surface area contributed by atoms with Crippen molar-refractivity contribution in [2.75, 3.05) is 12.4 Å². The largest absolute Gasteiger partial charge is 0.496 e. The summed E-state index contributed by atoms with van der Waals surface area (Å²) in [4.78, 5) is 23.9. The van der Waals surface area contributed by atoms with E-state index in [4.69, 9.17) is 9.47 Å². The Balaban J connectivity index is 2.13. The van der Waals surface area contributed by atoms with Gasteiger partial charge in [0.1, 0.15) is 22.8 Å². The number of carbonyl (C=O) groups excluding carboxylic acids is 2. The van der Waals surface area contributed by atoms with Crippen molar-refractivity contribution in [2.45, 2.75) is 25.6 Å². The Bertz CT molecular complexity index is 957. The molecule has 0 bridgehead atoms. The minimum absolute atomic E-state index is 0.0402. The number of fused-ring (bicyclic) bond motifs is 1. The summed E-state index contributed by atoms with van der Waals surface area (Å²) in [6.45, 7) is 2.41. The maximum Gasteiger partial charge on any atom is 0.420 e.